The second kappa shape index (κ2) is 6.05. The van der Waals surface area contributed by atoms with Gasteiger partial charge in [0, 0.05) is 25.5 Å². The minimum absolute atomic E-state index is 0.966. The summed E-state index contributed by atoms with van der Waals surface area (Å²) in [5, 5.41) is 4.45. The standard InChI is InChI=1S/C15H18N4S/c1-12-5-4-6-13-14(12)18-15(20-13)17-7-2-3-9-19-10-8-16-11-19/h4-6,8,10-11H,2-3,7,9H2,1H3,(H,17,18). The van der Waals surface area contributed by atoms with E-state index >= 15 is 0 Å². The van der Waals surface area contributed by atoms with Gasteiger partial charge in [-0.15, -0.1) is 0 Å². The number of benzene rings is 1. The van der Waals surface area contributed by atoms with Crippen molar-refractivity contribution >= 4 is 26.7 Å². The van der Waals surface area contributed by atoms with Crippen LogP contribution in [0.2, 0.25) is 0 Å². The molecule has 0 saturated heterocycles. The van der Waals surface area contributed by atoms with E-state index in [1.165, 1.54) is 10.3 Å². The molecule has 0 bridgehead atoms. The second-order valence-electron chi connectivity index (χ2n) is 4.88. The van der Waals surface area contributed by atoms with Gasteiger partial charge in [0.25, 0.3) is 0 Å². The van der Waals surface area contributed by atoms with E-state index in [2.05, 4.69) is 45.0 Å². The number of para-hydroxylation sites is 1. The van der Waals surface area contributed by atoms with E-state index in [9.17, 15) is 0 Å². The normalized spacial score (nSPS) is 11.1. The average molecular weight is 286 g/mol. The van der Waals surface area contributed by atoms with Crippen LogP contribution in [0, 0.1) is 6.92 Å². The molecule has 0 fully saturated rings. The highest BCUT2D eigenvalue weighted by Gasteiger charge is 2.04. The van der Waals surface area contributed by atoms with Crippen LogP contribution in [0.15, 0.2) is 36.9 Å². The summed E-state index contributed by atoms with van der Waals surface area (Å²) < 4.78 is 3.37. The summed E-state index contributed by atoms with van der Waals surface area (Å²) in [5.41, 5.74) is 2.37. The molecular formula is C15H18N4S. The molecule has 0 aliphatic carbocycles. The first-order valence-electron chi connectivity index (χ1n) is 6.89. The van der Waals surface area contributed by atoms with Gasteiger partial charge in [-0.05, 0) is 31.4 Å². The quantitative estimate of drug-likeness (QED) is 0.703. The van der Waals surface area contributed by atoms with E-state index in [1.54, 1.807) is 11.3 Å². The van der Waals surface area contributed by atoms with Gasteiger partial charge in [0.1, 0.15) is 0 Å². The van der Waals surface area contributed by atoms with Crippen molar-refractivity contribution in [2.24, 2.45) is 0 Å². The van der Waals surface area contributed by atoms with Crippen LogP contribution in [0.5, 0.6) is 0 Å². The van der Waals surface area contributed by atoms with Crippen LogP contribution in [-0.4, -0.2) is 21.1 Å². The van der Waals surface area contributed by atoms with Crippen molar-refractivity contribution in [1.82, 2.24) is 14.5 Å². The third-order valence-electron chi connectivity index (χ3n) is 3.30. The van der Waals surface area contributed by atoms with Gasteiger partial charge >= 0.3 is 0 Å². The van der Waals surface area contributed by atoms with E-state index in [1.807, 2.05) is 18.7 Å². The first kappa shape index (κ1) is 13.1. The average Bonchev–Trinajstić information content (AvgIpc) is 3.08. The second-order valence-corrected chi connectivity index (χ2v) is 5.91. The molecule has 1 N–H and O–H groups in total. The lowest BCUT2D eigenvalue weighted by Crippen LogP contribution is -2.03. The third-order valence-corrected chi connectivity index (χ3v) is 4.28. The Balaban J connectivity index is 1.49. The van der Waals surface area contributed by atoms with Crippen molar-refractivity contribution in [3.63, 3.8) is 0 Å². The minimum atomic E-state index is 0.966. The molecule has 20 heavy (non-hydrogen) atoms. The predicted octanol–water partition coefficient (Wildman–Crippen LogP) is 3.69. The van der Waals surface area contributed by atoms with E-state index in [4.69, 9.17) is 0 Å². The van der Waals surface area contributed by atoms with E-state index < -0.39 is 0 Å². The van der Waals surface area contributed by atoms with Crippen LogP contribution >= 0.6 is 11.3 Å². The molecule has 2 heterocycles. The molecule has 1 aromatic carbocycles. The molecule has 5 heteroatoms. The van der Waals surface area contributed by atoms with Crippen molar-refractivity contribution in [1.29, 1.82) is 0 Å². The van der Waals surface area contributed by atoms with Crippen LogP contribution in [0.1, 0.15) is 18.4 Å². The zero-order valence-electron chi connectivity index (χ0n) is 11.5. The molecule has 0 amide bonds. The first-order chi connectivity index (χ1) is 9.83. The SMILES string of the molecule is Cc1cccc2sc(NCCCCn3ccnc3)nc12. The number of aromatic nitrogens is 3. The van der Waals surface area contributed by atoms with Crippen molar-refractivity contribution in [2.75, 3.05) is 11.9 Å². The Hall–Kier alpha value is -1.88. The molecule has 4 nitrogen and oxygen atoms in total. The van der Waals surface area contributed by atoms with Gasteiger partial charge < -0.3 is 9.88 Å². The number of hydrogen-bond acceptors (Lipinski definition) is 4. The molecule has 0 unspecified atom stereocenters. The lowest BCUT2D eigenvalue weighted by atomic mass is 10.2. The topological polar surface area (TPSA) is 42.7 Å². The number of nitrogens with one attached hydrogen (secondary N) is 1. The van der Waals surface area contributed by atoms with Crippen LogP contribution < -0.4 is 5.32 Å². The maximum atomic E-state index is 4.65. The lowest BCUT2D eigenvalue weighted by molar-refractivity contribution is 0.621. The molecule has 0 spiro atoms. The summed E-state index contributed by atoms with van der Waals surface area (Å²) in [6.07, 6.45) is 7.97. The first-order valence-corrected chi connectivity index (χ1v) is 7.70. The van der Waals surface area contributed by atoms with Crippen LogP contribution in [0.25, 0.3) is 10.2 Å². The molecule has 0 aliphatic heterocycles. The molecule has 0 aliphatic rings. The molecular weight excluding hydrogens is 268 g/mol. The van der Waals surface area contributed by atoms with E-state index in [0.717, 1.165) is 36.6 Å². The summed E-state index contributed by atoms with van der Waals surface area (Å²) in [4.78, 5) is 8.69. The van der Waals surface area contributed by atoms with Crippen molar-refractivity contribution in [3.05, 3.63) is 42.5 Å². The molecule has 3 aromatic rings. The number of unbranched alkanes of at least 4 members (excludes halogenated alkanes) is 1. The molecule has 3 rings (SSSR count). The highest BCUT2D eigenvalue weighted by atomic mass is 32.1. The number of hydrogen-bond donors (Lipinski definition) is 1. The summed E-state index contributed by atoms with van der Waals surface area (Å²) in [5.74, 6) is 0. The number of fused-ring (bicyclic) bond motifs is 1. The minimum Gasteiger partial charge on any atom is -0.361 e. The van der Waals surface area contributed by atoms with Gasteiger partial charge in [-0.1, -0.05) is 23.5 Å². The smallest absolute Gasteiger partial charge is 0.183 e. The van der Waals surface area contributed by atoms with Gasteiger partial charge in [0.15, 0.2) is 5.13 Å². The fourth-order valence-electron chi connectivity index (χ4n) is 2.20. The highest BCUT2D eigenvalue weighted by Crippen LogP contribution is 2.27. The lowest BCUT2D eigenvalue weighted by Gasteiger charge is -2.03. The number of rotatable bonds is 6. The fourth-order valence-corrected chi connectivity index (χ4v) is 3.16. The van der Waals surface area contributed by atoms with Crippen LogP contribution in [0.3, 0.4) is 0 Å². The van der Waals surface area contributed by atoms with Gasteiger partial charge in [0.05, 0.1) is 16.5 Å². The Morgan fingerprint density at radius 1 is 1.30 bits per heavy atom. The number of aryl methyl sites for hydroxylation is 2. The monoisotopic (exact) mass is 286 g/mol. The molecule has 0 radical (unpaired) electrons. The summed E-state index contributed by atoms with van der Waals surface area (Å²) in [7, 11) is 0. The predicted molar refractivity (Wildman–Crippen MR) is 84.3 cm³/mol. The fraction of sp³-hybridized carbons (Fsp3) is 0.333. The summed E-state index contributed by atoms with van der Waals surface area (Å²) in [6, 6.07) is 6.33. The van der Waals surface area contributed by atoms with E-state index in [0.29, 0.717) is 0 Å². The highest BCUT2D eigenvalue weighted by molar-refractivity contribution is 7.22. The van der Waals surface area contributed by atoms with Gasteiger partial charge in [-0.2, -0.15) is 0 Å². The van der Waals surface area contributed by atoms with Crippen LogP contribution in [-0.2, 0) is 6.54 Å². The Labute approximate surface area is 122 Å². The van der Waals surface area contributed by atoms with Crippen molar-refractivity contribution < 1.29 is 0 Å². The number of anilines is 1. The third kappa shape index (κ3) is 2.99. The number of nitrogens with zero attached hydrogens (tertiary/aromatic N) is 3. The molecule has 0 saturated carbocycles. The van der Waals surface area contributed by atoms with Crippen LogP contribution in [0.4, 0.5) is 5.13 Å². The Kier molecular flexibility index (Phi) is 3.97. The number of imidazole rings is 1. The van der Waals surface area contributed by atoms with Crippen molar-refractivity contribution in [3.8, 4) is 0 Å². The van der Waals surface area contributed by atoms with Crippen molar-refractivity contribution in [2.45, 2.75) is 26.3 Å². The molecule has 104 valence electrons. The Bertz CT molecular complexity index is 672. The van der Waals surface area contributed by atoms with Gasteiger partial charge in [-0.25, -0.2) is 9.97 Å². The molecule has 0 atom stereocenters. The Morgan fingerprint density at radius 3 is 3.05 bits per heavy atom. The summed E-state index contributed by atoms with van der Waals surface area (Å²) >= 11 is 1.73. The van der Waals surface area contributed by atoms with Gasteiger partial charge in [0.2, 0.25) is 0 Å². The molecule has 2 aromatic heterocycles. The van der Waals surface area contributed by atoms with Gasteiger partial charge in [-0.3, -0.25) is 0 Å². The Morgan fingerprint density at radius 2 is 2.25 bits per heavy atom. The summed E-state index contributed by atoms with van der Waals surface area (Å²) in [6.45, 7) is 4.10. The largest absolute Gasteiger partial charge is 0.361 e. The maximum absolute atomic E-state index is 4.65. The number of thiazole rings is 1. The zero-order chi connectivity index (χ0) is 13.8. The maximum Gasteiger partial charge on any atom is 0.183 e. The van der Waals surface area contributed by atoms with E-state index in [-0.39, 0.29) is 0 Å². The zero-order valence-corrected chi connectivity index (χ0v) is 12.4.